The summed E-state index contributed by atoms with van der Waals surface area (Å²) < 4.78 is 62.5. The molecule has 6 aromatic rings. The van der Waals surface area contributed by atoms with Crippen LogP contribution in [0.5, 0.6) is 0 Å². The summed E-state index contributed by atoms with van der Waals surface area (Å²) in [5, 5.41) is 9.24. The Hall–Kier alpha value is -4.90. The summed E-state index contributed by atoms with van der Waals surface area (Å²) >= 11 is 0. The first kappa shape index (κ1) is 24.4. The molecule has 0 radical (unpaired) electrons. The highest BCUT2D eigenvalue weighted by atomic mass is 32.2. The van der Waals surface area contributed by atoms with Crippen LogP contribution in [0.4, 0.5) is 14.6 Å². The van der Waals surface area contributed by atoms with E-state index < -0.39 is 21.7 Å². The van der Waals surface area contributed by atoms with Crippen molar-refractivity contribution in [3.63, 3.8) is 0 Å². The van der Waals surface area contributed by atoms with Crippen molar-refractivity contribution in [2.45, 2.75) is 4.90 Å². The molecule has 3 heterocycles. The third-order valence-corrected chi connectivity index (χ3v) is 7.64. The van der Waals surface area contributed by atoms with Gasteiger partial charge in [-0.2, -0.15) is 5.10 Å². The van der Waals surface area contributed by atoms with E-state index in [1.807, 2.05) is 18.2 Å². The molecule has 0 fully saturated rings. The van der Waals surface area contributed by atoms with Gasteiger partial charge in [-0.25, -0.2) is 17.2 Å². The molecule has 3 aromatic heterocycles. The van der Waals surface area contributed by atoms with Gasteiger partial charge in [-0.3, -0.25) is 14.4 Å². The summed E-state index contributed by atoms with van der Waals surface area (Å²) in [7, 11) is -2.12. The fraction of sp³-hybridized carbons (Fsp3) is 0.0357. The van der Waals surface area contributed by atoms with Gasteiger partial charge in [0.1, 0.15) is 17.9 Å². The number of rotatable bonds is 6. The van der Waals surface area contributed by atoms with Crippen LogP contribution >= 0.6 is 0 Å². The van der Waals surface area contributed by atoms with Crippen LogP contribution in [0.25, 0.3) is 44.4 Å². The van der Waals surface area contributed by atoms with Crippen LogP contribution in [0.2, 0.25) is 0 Å². The summed E-state index contributed by atoms with van der Waals surface area (Å²) in [5.41, 5.74) is 3.85. The molecule has 8 nitrogen and oxygen atoms in total. The number of hydrogen-bond donors (Lipinski definition) is 1. The van der Waals surface area contributed by atoms with E-state index >= 15 is 0 Å². The van der Waals surface area contributed by atoms with Crippen molar-refractivity contribution >= 4 is 26.6 Å². The number of nitrogens with zero attached hydrogens (tertiary/aromatic N) is 4. The highest BCUT2D eigenvalue weighted by molar-refractivity contribution is 7.92. The molecule has 0 atom stereocenters. The molecule has 1 N–H and O–H groups in total. The number of sulfonamides is 1. The molecule has 0 bridgehead atoms. The Kier molecular flexibility index (Phi) is 5.92. The number of anilines is 1. The first-order valence-electron chi connectivity index (χ1n) is 11.7. The maximum absolute atomic E-state index is 14.0. The number of aryl methyl sites for hydroxylation is 1. The van der Waals surface area contributed by atoms with E-state index in [0.29, 0.717) is 27.6 Å². The highest BCUT2D eigenvalue weighted by Crippen LogP contribution is 2.38. The normalized spacial score (nSPS) is 11.7. The summed E-state index contributed by atoms with van der Waals surface area (Å²) in [4.78, 5) is 4.67. The van der Waals surface area contributed by atoms with E-state index in [0.717, 1.165) is 22.9 Å². The number of halogens is 2. The number of fused-ring (bicyclic) bond motifs is 1. The van der Waals surface area contributed by atoms with Gasteiger partial charge in [0.2, 0.25) is 0 Å². The Bertz CT molecular complexity index is 1930. The van der Waals surface area contributed by atoms with E-state index in [2.05, 4.69) is 20.0 Å². The Morgan fingerprint density at radius 1 is 0.846 bits per heavy atom. The minimum absolute atomic E-state index is 0.0467. The minimum Gasteiger partial charge on any atom is -0.363 e. The first-order chi connectivity index (χ1) is 18.8. The van der Waals surface area contributed by atoms with E-state index in [9.17, 15) is 17.2 Å². The number of benzene rings is 3. The van der Waals surface area contributed by atoms with Crippen molar-refractivity contribution in [2.24, 2.45) is 7.05 Å². The summed E-state index contributed by atoms with van der Waals surface area (Å²) in [6, 6.07) is 18.5. The van der Waals surface area contributed by atoms with Crippen molar-refractivity contribution in [1.82, 2.24) is 19.9 Å². The van der Waals surface area contributed by atoms with Crippen molar-refractivity contribution in [3.8, 4) is 33.6 Å². The minimum atomic E-state index is -3.91. The molecule has 0 spiro atoms. The molecule has 0 saturated heterocycles. The molecule has 39 heavy (non-hydrogen) atoms. The monoisotopic (exact) mass is 543 g/mol. The molecule has 0 aliphatic carbocycles. The van der Waals surface area contributed by atoms with Gasteiger partial charge in [-0.15, -0.1) is 0 Å². The fourth-order valence-corrected chi connectivity index (χ4v) is 5.53. The smallest absolute Gasteiger partial charge is 0.263 e. The topological polar surface area (TPSA) is 103 Å². The highest BCUT2D eigenvalue weighted by Gasteiger charge is 2.19. The van der Waals surface area contributed by atoms with Gasteiger partial charge < -0.3 is 4.52 Å². The van der Waals surface area contributed by atoms with Gasteiger partial charge in [-0.1, -0.05) is 23.4 Å². The number of pyridine rings is 1. The van der Waals surface area contributed by atoms with E-state index in [-0.39, 0.29) is 10.7 Å². The van der Waals surface area contributed by atoms with Crippen molar-refractivity contribution in [2.75, 3.05) is 4.72 Å². The maximum atomic E-state index is 14.0. The molecule has 0 saturated carbocycles. The number of hydrogen-bond acceptors (Lipinski definition) is 6. The number of nitrogens with one attached hydrogen (secondary N) is 1. The predicted molar refractivity (Wildman–Crippen MR) is 142 cm³/mol. The maximum Gasteiger partial charge on any atom is 0.263 e. The molecule has 0 aliphatic heterocycles. The predicted octanol–water partition coefficient (Wildman–Crippen LogP) is 6.04. The fourth-order valence-electron chi connectivity index (χ4n) is 4.50. The van der Waals surface area contributed by atoms with Crippen LogP contribution in [0.15, 0.2) is 101 Å². The van der Waals surface area contributed by atoms with Crippen LogP contribution in [0, 0.1) is 11.6 Å². The zero-order valence-electron chi connectivity index (χ0n) is 20.3. The molecular weight excluding hydrogens is 524 g/mol. The van der Waals surface area contributed by atoms with Crippen molar-refractivity contribution < 1.29 is 21.7 Å². The number of aromatic nitrogens is 4. The molecule has 0 unspecified atom stereocenters. The first-order valence-corrected chi connectivity index (χ1v) is 13.2. The van der Waals surface area contributed by atoms with Crippen LogP contribution < -0.4 is 4.72 Å². The van der Waals surface area contributed by atoms with Crippen LogP contribution in [-0.2, 0) is 17.1 Å². The van der Waals surface area contributed by atoms with Gasteiger partial charge in [0.25, 0.3) is 10.0 Å². The molecule has 11 heteroatoms. The Balaban J connectivity index is 1.50. The van der Waals surface area contributed by atoms with Crippen molar-refractivity contribution in [3.05, 3.63) is 103 Å². The Labute approximate surface area is 221 Å². The second kappa shape index (κ2) is 9.44. The third-order valence-electron chi connectivity index (χ3n) is 6.29. The van der Waals surface area contributed by atoms with Gasteiger partial charge in [-0.05, 0) is 59.0 Å². The molecule has 6 rings (SSSR count). The molecule has 0 aliphatic rings. The van der Waals surface area contributed by atoms with Crippen LogP contribution in [0.1, 0.15) is 0 Å². The van der Waals surface area contributed by atoms with Gasteiger partial charge in [0, 0.05) is 48.1 Å². The van der Waals surface area contributed by atoms with Crippen LogP contribution in [-0.4, -0.2) is 28.3 Å². The summed E-state index contributed by atoms with van der Waals surface area (Å²) in [6.07, 6.45) is 4.53. The lowest BCUT2D eigenvalue weighted by atomic mass is 9.93. The second-order valence-electron chi connectivity index (χ2n) is 8.79. The average molecular weight is 544 g/mol. The second-order valence-corrected chi connectivity index (χ2v) is 10.5. The quantitative estimate of drug-likeness (QED) is 0.275. The standard InChI is InChI=1S/C28H19F2N5O3S/c1-35-26(7-10-32-35)25-15-17(19-12-20(29)16-21(30)13-19)2-4-24(25)28-23-5-3-22(14-18(23)6-9-31-28)39(36,37)34-27-8-11-38-33-27/h2-16H,1H3,(H,33,34). The van der Waals surface area contributed by atoms with E-state index in [4.69, 9.17) is 4.52 Å². The third kappa shape index (κ3) is 4.64. The molecule has 194 valence electrons. The Morgan fingerprint density at radius 2 is 1.67 bits per heavy atom. The van der Waals surface area contributed by atoms with Gasteiger partial charge in [0.15, 0.2) is 5.82 Å². The van der Waals surface area contributed by atoms with Crippen LogP contribution in [0.3, 0.4) is 0 Å². The zero-order valence-corrected chi connectivity index (χ0v) is 21.2. The SMILES string of the molecule is Cn1nccc1-c1cc(-c2cc(F)cc(F)c2)ccc1-c1nccc2cc(S(=O)(=O)Nc3ccon3)ccc12. The lowest BCUT2D eigenvalue weighted by Gasteiger charge is -2.15. The molecule has 0 amide bonds. The van der Waals surface area contributed by atoms with E-state index in [1.165, 1.54) is 30.5 Å². The lowest BCUT2D eigenvalue weighted by molar-refractivity contribution is 0.423. The Morgan fingerprint density at radius 3 is 2.38 bits per heavy atom. The summed E-state index contributed by atoms with van der Waals surface area (Å²) in [6.45, 7) is 0. The van der Waals surface area contributed by atoms with E-state index in [1.54, 1.807) is 48.4 Å². The zero-order chi connectivity index (χ0) is 27.1. The summed E-state index contributed by atoms with van der Waals surface area (Å²) in [5.74, 6) is -1.27. The largest absolute Gasteiger partial charge is 0.363 e. The molecule has 3 aromatic carbocycles. The average Bonchev–Trinajstić information content (AvgIpc) is 3.58. The van der Waals surface area contributed by atoms with Gasteiger partial charge in [0.05, 0.1) is 16.3 Å². The van der Waals surface area contributed by atoms with Gasteiger partial charge >= 0.3 is 0 Å². The lowest BCUT2D eigenvalue weighted by Crippen LogP contribution is -2.13. The molecular formula is C28H19F2N5O3S. The van der Waals surface area contributed by atoms with Crippen molar-refractivity contribution in [1.29, 1.82) is 0 Å².